The molecule has 1 saturated heterocycles. The van der Waals surface area contributed by atoms with E-state index in [9.17, 15) is 9.59 Å². The van der Waals surface area contributed by atoms with Crippen molar-refractivity contribution in [1.82, 2.24) is 10.3 Å². The Balaban J connectivity index is 1.50. The largest absolute Gasteiger partial charge is 0.497 e. The smallest absolute Gasteiger partial charge is 0.329 e. The molecule has 8 nitrogen and oxygen atoms in total. The maximum Gasteiger partial charge on any atom is 0.329 e. The molecule has 1 aliphatic heterocycles. The molecule has 2 aromatic carbocycles. The fourth-order valence-corrected chi connectivity index (χ4v) is 3.09. The molecule has 0 atom stereocenters. The summed E-state index contributed by atoms with van der Waals surface area (Å²) in [4.78, 5) is 28.2. The van der Waals surface area contributed by atoms with E-state index in [4.69, 9.17) is 9.47 Å². The van der Waals surface area contributed by atoms with Crippen LogP contribution in [0.2, 0.25) is 0 Å². The fourth-order valence-electron chi connectivity index (χ4n) is 3.09. The van der Waals surface area contributed by atoms with Gasteiger partial charge in [0.2, 0.25) is 0 Å². The lowest BCUT2D eigenvalue weighted by Gasteiger charge is -2.36. The second-order valence-electron chi connectivity index (χ2n) is 6.42. The topological polar surface area (TPSA) is 83.5 Å². The van der Waals surface area contributed by atoms with E-state index in [1.54, 1.807) is 38.5 Å². The summed E-state index contributed by atoms with van der Waals surface area (Å²) < 4.78 is 10.5. The number of carbonyl (C=O) groups excluding carboxylic acids is 2. The molecule has 0 aromatic heterocycles. The Kier molecular flexibility index (Phi) is 6.67. The van der Waals surface area contributed by atoms with Gasteiger partial charge in [-0.3, -0.25) is 9.59 Å². The van der Waals surface area contributed by atoms with Crippen molar-refractivity contribution < 1.29 is 19.1 Å². The highest BCUT2D eigenvalue weighted by Crippen LogP contribution is 2.28. The summed E-state index contributed by atoms with van der Waals surface area (Å²) in [5, 5.41) is 3.86. The number of rotatable bonds is 5. The van der Waals surface area contributed by atoms with Crippen LogP contribution in [0.15, 0.2) is 53.6 Å². The van der Waals surface area contributed by atoms with Gasteiger partial charge in [-0.2, -0.15) is 5.10 Å². The number of nitrogens with zero attached hydrogens (tertiary/aromatic N) is 3. The van der Waals surface area contributed by atoms with Gasteiger partial charge in [0.05, 0.1) is 26.1 Å². The molecule has 0 spiro atoms. The van der Waals surface area contributed by atoms with Gasteiger partial charge in [-0.1, -0.05) is 12.1 Å². The van der Waals surface area contributed by atoms with Gasteiger partial charge in [-0.15, -0.1) is 0 Å². The van der Waals surface area contributed by atoms with E-state index in [1.165, 1.54) is 11.1 Å². The Labute approximate surface area is 169 Å². The minimum atomic E-state index is -0.750. The van der Waals surface area contributed by atoms with Crippen LogP contribution in [0.25, 0.3) is 0 Å². The zero-order valence-electron chi connectivity index (χ0n) is 16.5. The molecular formula is C21H24N4O4. The molecule has 2 amide bonds. The van der Waals surface area contributed by atoms with Gasteiger partial charge in [-0.05, 0) is 42.0 Å². The van der Waals surface area contributed by atoms with Gasteiger partial charge >= 0.3 is 11.8 Å². The third-order valence-electron chi connectivity index (χ3n) is 4.68. The number of piperazine rings is 1. The number of hydrazone groups is 1. The molecular weight excluding hydrogens is 372 g/mol. The minimum Gasteiger partial charge on any atom is -0.497 e. The average Bonchev–Trinajstić information content (AvgIpc) is 2.79. The zero-order chi connectivity index (χ0) is 20.6. The Morgan fingerprint density at radius 2 is 1.66 bits per heavy atom. The molecule has 1 fully saturated rings. The Morgan fingerprint density at radius 1 is 0.966 bits per heavy atom. The summed E-state index contributed by atoms with van der Waals surface area (Å²) in [5.41, 5.74) is 4.06. The number of anilines is 1. The molecule has 1 aliphatic rings. The summed E-state index contributed by atoms with van der Waals surface area (Å²) >= 11 is 0. The molecule has 8 heteroatoms. The van der Waals surface area contributed by atoms with Crippen LogP contribution in [-0.4, -0.2) is 63.3 Å². The van der Waals surface area contributed by atoms with Crippen LogP contribution in [0, 0.1) is 0 Å². The van der Waals surface area contributed by atoms with E-state index in [-0.39, 0.29) is 0 Å². The number of hydrogen-bond donors (Lipinski definition) is 1. The number of nitrogens with one attached hydrogen (secondary N) is 1. The van der Waals surface area contributed by atoms with Crippen LogP contribution in [0.1, 0.15) is 5.56 Å². The van der Waals surface area contributed by atoms with E-state index < -0.39 is 11.8 Å². The molecule has 0 radical (unpaired) electrons. The number of amides is 2. The second kappa shape index (κ2) is 9.59. The Bertz CT molecular complexity index is 875. The maximum absolute atomic E-state index is 12.4. The van der Waals surface area contributed by atoms with Gasteiger partial charge in [0.15, 0.2) is 0 Å². The van der Waals surface area contributed by atoms with E-state index in [0.29, 0.717) is 26.2 Å². The number of para-hydroxylation sites is 2. The highest BCUT2D eigenvalue weighted by molar-refractivity contribution is 6.35. The SMILES string of the molecule is COc1ccc(C=NNC(=O)C(=O)N2CCN(c3ccccc3OC)CC2)cc1. The Hall–Kier alpha value is -3.55. The number of ether oxygens (including phenoxy) is 2. The van der Waals surface area contributed by atoms with Crippen LogP contribution in [-0.2, 0) is 9.59 Å². The zero-order valence-corrected chi connectivity index (χ0v) is 16.5. The first-order chi connectivity index (χ1) is 14.1. The van der Waals surface area contributed by atoms with Crippen LogP contribution >= 0.6 is 0 Å². The van der Waals surface area contributed by atoms with E-state index in [1.807, 2.05) is 24.3 Å². The van der Waals surface area contributed by atoms with Gasteiger partial charge in [0.25, 0.3) is 0 Å². The summed E-state index contributed by atoms with van der Waals surface area (Å²) in [7, 11) is 3.22. The van der Waals surface area contributed by atoms with Crippen molar-refractivity contribution in [3.8, 4) is 11.5 Å². The number of hydrogen-bond acceptors (Lipinski definition) is 6. The fraction of sp³-hybridized carbons (Fsp3) is 0.286. The summed E-state index contributed by atoms with van der Waals surface area (Å²) in [6.45, 7) is 2.14. The first-order valence-corrected chi connectivity index (χ1v) is 9.26. The quantitative estimate of drug-likeness (QED) is 0.471. The standard InChI is InChI=1S/C21H24N4O4/c1-28-17-9-7-16(8-10-17)15-22-23-20(26)21(27)25-13-11-24(12-14-25)18-5-3-4-6-19(18)29-2/h3-10,15H,11-14H2,1-2H3,(H,23,26). The molecule has 29 heavy (non-hydrogen) atoms. The molecule has 152 valence electrons. The van der Waals surface area contributed by atoms with Crippen molar-refractivity contribution in [1.29, 1.82) is 0 Å². The van der Waals surface area contributed by atoms with Crippen molar-refractivity contribution in [3.05, 3.63) is 54.1 Å². The third-order valence-corrected chi connectivity index (χ3v) is 4.68. The molecule has 0 saturated carbocycles. The molecule has 2 aromatic rings. The summed E-state index contributed by atoms with van der Waals surface area (Å²) in [5.74, 6) is 0.184. The monoisotopic (exact) mass is 396 g/mol. The minimum absolute atomic E-state index is 0.451. The first kappa shape index (κ1) is 20.2. The normalized spacial score (nSPS) is 14.0. The van der Waals surface area contributed by atoms with Crippen molar-refractivity contribution in [2.45, 2.75) is 0 Å². The van der Waals surface area contributed by atoms with Gasteiger partial charge < -0.3 is 19.3 Å². The molecule has 1 N–H and O–H groups in total. The lowest BCUT2D eigenvalue weighted by Crippen LogP contribution is -2.52. The number of benzene rings is 2. The highest BCUT2D eigenvalue weighted by Gasteiger charge is 2.26. The lowest BCUT2D eigenvalue weighted by molar-refractivity contribution is -0.146. The van der Waals surface area contributed by atoms with Crippen LogP contribution in [0.4, 0.5) is 5.69 Å². The van der Waals surface area contributed by atoms with Crippen LogP contribution < -0.4 is 19.8 Å². The van der Waals surface area contributed by atoms with Crippen molar-refractivity contribution in [2.75, 3.05) is 45.3 Å². The molecule has 0 bridgehead atoms. The van der Waals surface area contributed by atoms with E-state index in [0.717, 1.165) is 22.7 Å². The van der Waals surface area contributed by atoms with Crippen LogP contribution in [0.3, 0.4) is 0 Å². The molecule has 0 unspecified atom stereocenters. The average molecular weight is 396 g/mol. The van der Waals surface area contributed by atoms with Crippen molar-refractivity contribution >= 4 is 23.7 Å². The van der Waals surface area contributed by atoms with Crippen LogP contribution in [0.5, 0.6) is 11.5 Å². The molecule has 3 rings (SSSR count). The predicted molar refractivity (Wildman–Crippen MR) is 111 cm³/mol. The molecule has 0 aliphatic carbocycles. The van der Waals surface area contributed by atoms with Crippen molar-refractivity contribution in [3.63, 3.8) is 0 Å². The predicted octanol–water partition coefficient (Wildman–Crippen LogP) is 1.50. The van der Waals surface area contributed by atoms with E-state index >= 15 is 0 Å². The van der Waals surface area contributed by atoms with Gasteiger partial charge in [0.1, 0.15) is 11.5 Å². The number of carbonyl (C=O) groups is 2. The third kappa shape index (κ3) is 5.04. The number of methoxy groups -OCH3 is 2. The maximum atomic E-state index is 12.4. The van der Waals surface area contributed by atoms with Crippen molar-refractivity contribution in [2.24, 2.45) is 5.10 Å². The molecule has 1 heterocycles. The second-order valence-corrected chi connectivity index (χ2v) is 6.42. The summed E-state index contributed by atoms with van der Waals surface area (Å²) in [6, 6.07) is 14.9. The lowest BCUT2D eigenvalue weighted by atomic mass is 10.2. The van der Waals surface area contributed by atoms with E-state index in [2.05, 4.69) is 15.4 Å². The highest BCUT2D eigenvalue weighted by atomic mass is 16.5. The summed E-state index contributed by atoms with van der Waals surface area (Å²) in [6.07, 6.45) is 1.48. The Morgan fingerprint density at radius 3 is 2.31 bits per heavy atom. The van der Waals surface area contributed by atoms with Gasteiger partial charge in [0, 0.05) is 26.2 Å². The first-order valence-electron chi connectivity index (χ1n) is 9.26. The van der Waals surface area contributed by atoms with Gasteiger partial charge in [-0.25, -0.2) is 5.43 Å².